The maximum absolute atomic E-state index is 12.6. The summed E-state index contributed by atoms with van der Waals surface area (Å²) in [5.41, 5.74) is 0.344. The zero-order valence-electron chi connectivity index (χ0n) is 14.2. The Kier molecular flexibility index (Phi) is 4.88. The van der Waals surface area contributed by atoms with Crippen molar-refractivity contribution < 1.29 is 14.3 Å². The maximum Gasteiger partial charge on any atom is 0.416 e. The molecule has 0 N–H and O–H groups in total. The third-order valence-electron chi connectivity index (χ3n) is 3.09. The maximum atomic E-state index is 12.6. The number of anilines is 1. The Morgan fingerprint density at radius 2 is 2.21 bits per heavy atom. The van der Waals surface area contributed by atoms with Crippen LogP contribution in [0.4, 0.5) is 10.6 Å². The third-order valence-corrected chi connectivity index (χ3v) is 3.09. The summed E-state index contributed by atoms with van der Waals surface area (Å²) in [6.07, 6.45) is 9.22. The van der Waals surface area contributed by atoms with Crippen molar-refractivity contribution in [1.82, 2.24) is 14.4 Å². The molecular formula is C17H20N4O3. The van der Waals surface area contributed by atoms with Crippen LogP contribution in [-0.2, 0) is 4.74 Å². The molecule has 0 saturated carbocycles. The average Bonchev–Trinajstić information content (AvgIpc) is 2.92. The van der Waals surface area contributed by atoms with Gasteiger partial charge in [-0.3, -0.25) is 14.1 Å². The first-order valence-electron chi connectivity index (χ1n) is 7.61. The zero-order valence-corrected chi connectivity index (χ0v) is 14.2. The summed E-state index contributed by atoms with van der Waals surface area (Å²) >= 11 is 0. The molecule has 0 spiro atoms. The summed E-state index contributed by atoms with van der Waals surface area (Å²) in [6.45, 7) is 7.68. The molecule has 0 bridgehead atoms. The Morgan fingerprint density at radius 3 is 2.75 bits per heavy atom. The van der Waals surface area contributed by atoms with Crippen molar-refractivity contribution in [2.75, 3.05) is 11.4 Å². The Labute approximate surface area is 140 Å². The van der Waals surface area contributed by atoms with E-state index in [0.717, 1.165) is 0 Å². The minimum atomic E-state index is -0.646. The fourth-order valence-corrected chi connectivity index (χ4v) is 2.15. The van der Waals surface area contributed by atoms with E-state index in [2.05, 4.69) is 15.9 Å². The number of hydrogen-bond donors (Lipinski definition) is 0. The lowest BCUT2D eigenvalue weighted by Crippen LogP contribution is -2.38. The lowest BCUT2D eigenvalue weighted by atomic mass is 10.2. The SMILES string of the molecule is C#Cc1cn2c(C=O)cnc2c(N(CCC)C(=O)OC(C)(C)C)n1. The number of hydrogen-bond acceptors (Lipinski definition) is 5. The Morgan fingerprint density at radius 1 is 1.50 bits per heavy atom. The van der Waals surface area contributed by atoms with E-state index in [-0.39, 0.29) is 5.82 Å². The molecule has 0 aliphatic heterocycles. The molecule has 0 atom stereocenters. The van der Waals surface area contributed by atoms with E-state index < -0.39 is 11.7 Å². The van der Waals surface area contributed by atoms with Crippen LogP contribution >= 0.6 is 0 Å². The van der Waals surface area contributed by atoms with Crippen molar-refractivity contribution in [2.45, 2.75) is 39.7 Å². The van der Waals surface area contributed by atoms with Gasteiger partial charge in [0.2, 0.25) is 0 Å². The van der Waals surface area contributed by atoms with Crippen LogP contribution < -0.4 is 4.90 Å². The molecule has 0 aliphatic carbocycles. The van der Waals surface area contributed by atoms with Gasteiger partial charge >= 0.3 is 6.09 Å². The minimum Gasteiger partial charge on any atom is -0.443 e. The molecule has 0 fully saturated rings. The summed E-state index contributed by atoms with van der Waals surface area (Å²) in [7, 11) is 0. The molecule has 2 aromatic rings. The molecule has 2 aromatic heterocycles. The standard InChI is InChI=1S/C17H20N4O3/c1-6-8-20(16(23)24-17(3,4)5)15-14-18-9-13(11-22)21(14)10-12(7-2)19-15/h2,9-11H,6,8H2,1,3-5H3. The quantitative estimate of drug-likeness (QED) is 0.637. The molecule has 2 heterocycles. The number of nitrogens with zero attached hydrogens (tertiary/aromatic N) is 4. The molecule has 126 valence electrons. The smallest absolute Gasteiger partial charge is 0.416 e. The van der Waals surface area contributed by atoms with Crippen molar-refractivity contribution in [3.63, 3.8) is 0 Å². The summed E-state index contributed by atoms with van der Waals surface area (Å²) in [5, 5.41) is 0. The predicted molar refractivity (Wildman–Crippen MR) is 90.2 cm³/mol. The molecule has 0 aliphatic rings. The van der Waals surface area contributed by atoms with Gasteiger partial charge < -0.3 is 4.74 Å². The summed E-state index contributed by atoms with van der Waals surface area (Å²) in [5.74, 6) is 2.70. The van der Waals surface area contributed by atoms with Crippen LogP contribution in [-0.4, -0.2) is 38.9 Å². The van der Waals surface area contributed by atoms with E-state index in [0.29, 0.717) is 36.3 Å². The van der Waals surface area contributed by atoms with Gasteiger partial charge in [-0.15, -0.1) is 6.42 Å². The van der Waals surface area contributed by atoms with Crippen LogP contribution in [0.2, 0.25) is 0 Å². The van der Waals surface area contributed by atoms with Crippen molar-refractivity contribution >= 4 is 23.8 Å². The highest BCUT2D eigenvalue weighted by atomic mass is 16.6. The van der Waals surface area contributed by atoms with E-state index in [9.17, 15) is 9.59 Å². The van der Waals surface area contributed by atoms with Crippen LogP contribution in [0.1, 0.15) is 50.3 Å². The van der Waals surface area contributed by atoms with Gasteiger partial charge in [0.25, 0.3) is 0 Å². The number of imidazole rings is 1. The predicted octanol–water partition coefficient (Wildman–Crippen LogP) is 2.67. The molecular weight excluding hydrogens is 308 g/mol. The molecule has 2 rings (SSSR count). The Bertz CT molecular complexity index is 812. The number of carbonyl (C=O) groups is 2. The van der Waals surface area contributed by atoms with Gasteiger partial charge in [0.05, 0.1) is 6.20 Å². The van der Waals surface area contributed by atoms with Crippen molar-refractivity contribution in [1.29, 1.82) is 0 Å². The average molecular weight is 328 g/mol. The first-order chi connectivity index (χ1) is 11.3. The summed E-state index contributed by atoms with van der Waals surface area (Å²) < 4.78 is 6.98. The highest BCUT2D eigenvalue weighted by Crippen LogP contribution is 2.22. The second kappa shape index (κ2) is 6.71. The molecule has 0 unspecified atom stereocenters. The van der Waals surface area contributed by atoms with E-state index in [1.807, 2.05) is 6.92 Å². The number of fused-ring (bicyclic) bond motifs is 1. The number of amides is 1. The highest BCUT2D eigenvalue weighted by molar-refractivity contribution is 5.91. The van der Waals surface area contributed by atoms with E-state index in [1.54, 1.807) is 20.8 Å². The van der Waals surface area contributed by atoms with E-state index in [4.69, 9.17) is 11.2 Å². The van der Waals surface area contributed by atoms with Crippen molar-refractivity contribution in [3.05, 3.63) is 23.8 Å². The van der Waals surface area contributed by atoms with E-state index in [1.165, 1.54) is 21.7 Å². The van der Waals surface area contributed by atoms with Crippen LogP contribution in [0.5, 0.6) is 0 Å². The first kappa shape index (κ1) is 17.5. The van der Waals surface area contributed by atoms with Gasteiger partial charge in [-0.2, -0.15) is 0 Å². The number of aromatic nitrogens is 3. The monoisotopic (exact) mass is 328 g/mol. The van der Waals surface area contributed by atoms with E-state index >= 15 is 0 Å². The molecule has 1 amide bonds. The van der Waals surface area contributed by atoms with Crippen LogP contribution in [0.25, 0.3) is 5.65 Å². The Balaban J connectivity index is 2.61. The second-order valence-electron chi connectivity index (χ2n) is 6.22. The highest BCUT2D eigenvalue weighted by Gasteiger charge is 2.26. The first-order valence-corrected chi connectivity index (χ1v) is 7.61. The topological polar surface area (TPSA) is 76.8 Å². The van der Waals surface area contributed by atoms with Crippen molar-refractivity contribution in [2.24, 2.45) is 0 Å². The lowest BCUT2D eigenvalue weighted by molar-refractivity contribution is 0.0579. The molecule has 0 saturated heterocycles. The second-order valence-corrected chi connectivity index (χ2v) is 6.22. The molecule has 0 radical (unpaired) electrons. The number of rotatable bonds is 4. The molecule has 7 nitrogen and oxygen atoms in total. The fraction of sp³-hybridized carbons (Fsp3) is 0.412. The number of terminal acetylenes is 1. The Hall–Kier alpha value is -2.88. The summed E-state index contributed by atoms with van der Waals surface area (Å²) in [4.78, 5) is 33.7. The van der Waals surface area contributed by atoms with Gasteiger partial charge in [0, 0.05) is 12.7 Å². The summed E-state index contributed by atoms with van der Waals surface area (Å²) in [6, 6.07) is 0. The molecule has 0 aromatic carbocycles. The lowest BCUT2D eigenvalue weighted by Gasteiger charge is -2.26. The van der Waals surface area contributed by atoms with Crippen LogP contribution in [0.3, 0.4) is 0 Å². The van der Waals surface area contributed by atoms with Gasteiger partial charge in [0.15, 0.2) is 17.8 Å². The van der Waals surface area contributed by atoms with Crippen LogP contribution in [0.15, 0.2) is 12.4 Å². The molecule has 7 heteroatoms. The fourth-order valence-electron chi connectivity index (χ4n) is 2.15. The number of aldehydes is 1. The van der Waals surface area contributed by atoms with Crippen molar-refractivity contribution in [3.8, 4) is 12.3 Å². The van der Waals surface area contributed by atoms with Gasteiger partial charge in [-0.1, -0.05) is 6.92 Å². The number of ether oxygens (including phenoxy) is 1. The van der Waals surface area contributed by atoms with Crippen LogP contribution in [0, 0.1) is 12.3 Å². The zero-order chi connectivity index (χ0) is 17.9. The number of carbonyl (C=O) groups excluding carboxylic acids is 2. The minimum absolute atomic E-state index is 0.273. The van der Waals surface area contributed by atoms with Gasteiger partial charge in [-0.25, -0.2) is 14.8 Å². The van der Waals surface area contributed by atoms with Gasteiger partial charge in [0.1, 0.15) is 17.0 Å². The normalized spacial score (nSPS) is 11.1. The van der Waals surface area contributed by atoms with Gasteiger partial charge in [-0.05, 0) is 33.1 Å². The largest absolute Gasteiger partial charge is 0.443 e. The third kappa shape index (κ3) is 3.54. The molecule has 24 heavy (non-hydrogen) atoms.